The normalized spacial score (nSPS) is 26.8. The SMILES string of the molecule is O=C(Cc1cccs1)NC1C(=O)N2CC(C(=O)O)(c3ccccc3)CS[C@H]12. The number of nitrogens with zero attached hydrogens (tertiary/aromatic N) is 1. The number of carboxylic acids is 1. The molecular formula is C19H18N2O4S2. The van der Waals surface area contributed by atoms with Crippen molar-refractivity contribution in [3.8, 4) is 0 Å². The molecule has 2 unspecified atom stereocenters. The van der Waals surface area contributed by atoms with Gasteiger partial charge >= 0.3 is 5.97 Å². The van der Waals surface area contributed by atoms with Crippen molar-refractivity contribution in [2.75, 3.05) is 12.3 Å². The van der Waals surface area contributed by atoms with E-state index in [2.05, 4.69) is 5.32 Å². The number of benzene rings is 1. The Labute approximate surface area is 164 Å². The van der Waals surface area contributed by atoms with Gasteiger partial charge in [0, 0.05) is 17.2 Å². The number of rotatable bonds is 5. The van der Waals surface area contributed by atoms with Crippen LogP contribution < -0.4 is 5.32 Å². The molecule has 1 aromatic heterocycles. The van der Waals surface area contributed by atoms with E-state index >= 15 is 0 Å². The highest BCUT2D eigenvalue weighted by Gasteiger charge is 2.57. The fourth-order valence-corrected chi connectivity index (χ4v) is 5.83. The monoisotopic (exact) mass is 402 g/mol. The maximum absolute atomic E-state index is 12.6. The van der Waals surface area contributed by atoms with Crippen LogP contribution in [0.25, 0.3) is 0 Å². The highest BCUT2D eigenvalue weighted by Crippen LogP contribution is 2.43. The van der Waals surface area contributed by atoms with Crippen LogP contribution in [0.5, 0.6) is 0 Å². The minimum Gasteiger partial charge on any atom is -0.481 e. The van der Waals surface area contributed by atoms with Crippen molar-refractivity contribution in [2.24, 2.45) is 0 Å². The standard InChI is InChI=1S/C19H18N2O4S2/c22-14(9-13-7-4-8-26-13)20-15-16(23)21-10-19(18(24)25,11-27-17(15)21)12-5-2-1-3-6-12/h1-8,15,17H,9-11H2,(H,20,22)(H,24,25)/t15?,17-,19?/m1/s1. The summed E-state index contributed by atoms with van der Waals surface area (Å²) in [5.74, 6) is -0.974. The number of thiophene rings is 1. The number of thioether (sulfide) groups is 1. The number of hydrogen-bond acceptors (Lipinski definition) is 5. The summed E-state index contributed by atoms with van der Waals surface area (Å²) in [4.78, 5) is 39.4. The summed E-state index contributed by atoms with van der Waals surface area (Å²) in [6, 6.07) is 12.2. The highest BCUT2D eigenvalue weighted by molar-refractivity contribution is 8.00. The lowest BCUT2D eigenvalue weighted by Gasteiger charge is -2.54. The fraction of sp³-hybridized carbons (Fsp3) is 0.316. The summed E-state index contributed by atoms with van der Waals surface area (Å²) >= 11 is 2.92. The molecule has 2 amide bonds. The van der Waals surface area contributed by atoms with Crippen LogP contribution in [-0.4, -0.2) is 51.5 Å². The summed E-state index contributed by atoms with van der Waals surface area (Å²) < 4.78 is 0. The Morgan fingerprint density at radius 2 is 2.00 bits per heavy atom. The minimum atomic E-state index is -1.12. The lowest BCUT2D eigenvalue weighted by Crippen LogP contribution is -2.74. The van der Waals surface area contributed by atoms with Gasteiger partial charge in [-0.1, -0.05) is 36.4 Å². The van der Waals surface area contributed by atoms with E-state index < -0.39 is 17.4 Å². The van der Waals surface area contributed by atoms with Crippen LogP contribution in [0, 0.1) is 0 Å². The first-order valence-electron chi connectivity index (χ1n) is 8.54. The van der Waals surface area contributed by atoms with E-state index in [1.54, 1.807) is 17.0 Å². The van der Waals surface area contributed by atoms with Crippen molar-refractivity contribution >= 4 is 40.9 Å². The Morgan fingerprint density at radius 3 is 2.67 bits per heavy atom. The van der Waals surface area contributed by atoms with E-state index in [4.69, 9.17) is 0 Å². The molecule has 4 rings (SSSR count). The summed E-state index contributed by atoms with van der Waals surface area (Å²) in [7, 11) is 0. The third kappa shape index (κ3) is 3.12. The van der Waals surface area contributed by atoms with Gasteiger partial charge in [0.05, 0.1) is 6.42 Å². The first kappa shape index (κ1) is 18.1. The van der Waals surface area contributed by atoms with Crippen LogP contribution in [0.4, 0.5) is 0 Å². The molecule has 3 heterocycles. The van der Waals surface area contributed by atoms with Gasteiger partial charge in [-0.05, 0) is 17.0 Å². The van der Waals surface area contributed by atoms with Crippen molar-refractivity contribution in [1.29, 1.82) is 0 Å². The van der Waals surface area contributed by atoms with Crippen molar-refractivity contribution in [3.63, 3.8) is 0 Å². The molecule has 0 saturated carbocycles. The van der Waals surface area contributed by atoms with Crippen molar-refractivity contribution in [1.82, 2.24) is 10.2 Å². The number of aliphatic carboxylic acids is 1. The Hall–Kier alpha value is -2.32. The van der Waals surface area contributed by atoms with Crippen LogP contribution in [0.3, 0.4) is 0 Å². The molecule has 2 aliphatic heterocycles. The molecule has 8 heteroatoms. The van der Waals surface area contributed by atoms with Crippen LogP contribution >= 0.6 is 23.1 Å². The van der Waals surface area contributed by atoms with Gasteiger partial charge in [0.2, 0.25) is 11.8 Å². The Balaban J connectivity index is 1.46. The molecule has 27 heavy (non-hydrogen) atoms. The quantitative estimate of drug-likeness (QED) is 0.744. The molecule has 6 nitrogen and oxygen atoms in total. The first-order chi connectivity index (χ1) is 13.0. The third-order valence-corrected chi connectivity index (χ3v) is 7.45. The van der Waals surface area contributed by atoms with Gasteiger partial charge in [-0.25, -0.2) is 0 Å². The predicted molar refractivity (Wildman–Crippen MR) is 104 cm³/mol. The molecule has 3 atom stereocenters. The molecule has 2 saturated heterocycles. The molecule has 0 bridgehead atoms. The predicted octanol–water partition coefficient (Wildman–Crippen LogP) is 1.71. The van der Waals surface area contributed by atoms with Gasteiger partial charge in [0.25, 0.3) is 0 Å². The maximum atomic E-state index is 12.6. The van der Waals surface area contributed by atoms with Crippen molar-refractivity contribution in [2.45, 2.75) is 23.3 Å². The third-order valence-electron chi connectivity index (χ3n) is 5.05. The van der Waals surface area contributed by atoms with E-state index in [0.717, 1.165) is 4.88 Å². The molecule has 2 aliphatic rings. The van der Waals surface area contributed by atoms with Crippen molar-refractivity contribution in [3.05, 3.63) is 58.3 Å². The van der Waals surface area contributed by atoms with Gasteiger partial charge in [-0.3, -0.25) is 14.4 Å². The largest absolute Gasteiger partial charge is 0.481 e. The first-order valence-corrected chi connectivity index (χ1v) is 10.5. The number of carbonyl (C=O) groups is 3. The van der Waals surface area contributed by atoms with Crippen LogP contribution in [0.15, 0.2) is 47.8 Å². The van der Waals surface area contributed by atoms with E-state index in [1.807, 2.05) is 35.7 Å². The molecule has 2 fully saturated rings. The van der Waals surface area contributed by atoms with Gasteiger partial charge in [0.15, 0.2) is 0 Å². The number of carboxylic acid groups (broad SMARTS) is 1. The number of carbonyl (C=O) groups excluding carboxylic acids is 2. The second-order valence-electron chi connectivity index (χ2n) is 6.72. The number of nitrogens with one attached hydrogen (secondary N) is 1. The second-order valence-corrected chi connectivity index (χ2v) is 8.86. The fourth-order valence-electron chi connectivity index (χ4n) is 3.56. The number of fused-ring (bicyclic) bond motifs is 1. The summed E-state index contributed by atoms with van der Waals surface area (Å²) in [5, 5.41) is 14.4. The zero-order valence-corrected chi connectivity index (χ0v) is 16.0. The van der Waals surface area contributed by atoms with E-state index in [9.17, 15) is 19.5 Å². The van der Waals surface area contributed by atoms with Crippen LogP contribution in [-0.2, 0) is 26.2 Å². The summed E-state index contributed by atoms with van der Waals surface area (Å²) in [5.41, 5.74) is -0.425. The molecular weight excluding hydrogens is 384 g/mol. The average molecular weight is 402 g/mol. The number of β-lactam (4-membered cyclic amide) rings is 1. The average Bonchev–Trinajstić information content (AvgIpc) is 3.19. The molecule has 140 valence electrons. The Morgan fingerprint density at radius 1 is 1.22 bits per heavy atom. The molecule has 2 N–H and O–H groups in total. The second kappa shape index (κ2) is 7.01. The van der Waals surface area contributed by atoms with Gasteiger partial charge in [0.1, 0.15) is 16.8 Å². The van der Waals surface area contributed by atoms with Crippen LogP contribution in [0.1, 0.15) is 10.4 Å². The summed E-state index contributed by atoms with van der Waals surface area (Å²) in [6.07, 6.45) is 0.252. The zero-order chi connectivity index (χ0) is 19.0. The molecule has 0 aliphatic carbocycles. The smallest absolute Gasteiger partial charge is 0.316 e. The minimum absolute atomic E-state index is 0.125. The molecule has 2 aromatic rings. The van der Waals surface area contributed by atoms with E-state index in [-0.39, 0.29) is 30.2 Å². The van der Waals surface area contributed by atoms with E-state index in [0.29, 0.717) is 11.3 Å². The number of hydrogen-bond donors (Lipinski definition) is 2. The molecule has 1 aromatic carbocycles. The lowest BCUT2D eigenvalue weighted by molar-refractivity contribution is -0.154. The molecule has 0 radical (unpaired) electrons. The number of amides is 2. The van der Waals surface area contributed by atoms with Gasteiger partial charge in [-0.2, -0.15) is 0 Å². The lowest BCUT2D eigenvalue weighted by atomic mass is 9.80. The van der Waals surface area contributed by atoms with Crippen LogP contribution in [0.2, 0.25) is 0 Å². The Bertz CT molecular complexity index is 871. The highest BCUT2D eigenvalue weighted by atomic mass is 32.2. The zero-order valence-electron chi connectivity index (χ0n) is 14.3. The molecule has 0 spiro atoms. The van der Waals surface area contributed by atoms with Gasteiger partial charge < -0.3 is 15.3 Å². The topological polar surface area (TPSA) is 86.7 Å². The van der Waals surface area contributed by atoms with E-state index in [1.165, 1.54) is 23.1 Å². The Kier molecular flexibility index (Phi) is 4.69. The maximum Gasteiger partial charge on any atom is 0.316 e. The summed E-state index contributed by atoms with van der Waals surface area (Å²) in [6.45, 7) is 0.125. The van der Waals surface area contributed by atoms with Crippen molar-refractivity contribution < 1.29 is 19.5 Å². The van der Waals surface area contributed by atoms with Gasteiger partial charge in [-0.15, -0.1) is 23.1 Å².